The molecule has 0 spiro atoms. The SMILES string of the molecule is COP(=O)(O[C@H]1C[C@H](n2cc(C)c(=O)[nH]c2=O)O[C@@H]1CO)[Se]C[C@H]1O[C@@H](n2cc(C)c(=O)[nH]c2=O)C[C@@H]1O. The van der Waals surface area contributed by atoms with E-state index < -0.39 is 86.8 Å². The topological polar surface area (TPSA) is 204 Å². The Kier molecular flexibility index (Phi) is 8.77. The molecule has 4 rings (SSSR count). The second kappa shape index (κ2) is 11.5. The van der Waals surface area contributed by atoms with Crippen LogP contribution in [0.4, 0.5) is 0 Å². The number of rotatable bonds is 9. The van der Waals surface area contributed by atoms with Crippen LogP contribution in [-0.4, -0.2) is 82.0 Å². The number of aryl methyl sites for hydroxylation is 2. The van der Waals surface area contributed by atoms with Crippen LogP contribution < -0.4 is 22.5 Å². The molecule has 0 radical (unpaired) electrons. The van der Waals surface area contributed by atoms with Gasteiger partial charge >= 0.3 is 221 Å². The predicted octanol–water partition coefficient (Wildman–Crippen LogP) is -1.11. The van der Waals surface area contributed by atoms with E-state index in [1.807, 2.05) is 0 Å². The Morgan fingerprint density at radius 2 is 1.53 bits per heavy atom. The number of H-pyrrole nitrogens is 2. The summed E-state index contributed by atoms with van der Waals surface area (Å²) in [5, 5.41) is 20.4. The molecule has 2 aliphatic rings. The molecule has 4 N–H and O–H groups in total. The molecular weight excluding hydrogens is 594 g/mol. The van der Waals surface area contributed by atoms with E-state index in [2.05, 4.69) is 9.97 Å². The normalized spacial score (nSPS) is 29.0. The van der Waals surface area contributed by atoms with Crippen LogP contribution in [0.2, 0.25) is 5.32 Å². The number of hydrogen-bond donors (Lipinski definition) is 4. The van der Waals surface area contributed by atoms with E-state index in [9.17, 15) is 34.0 Å². The van der Waals surface area contributed by atoms with Crippen LogP contribution in [0.3, 0.4) is 0 Å². The standard InChI is InChI=1S/C21H29N4O11PSe/c1-10-6-24(20(30)22-18(10)28)16-4-12(27)15(35-16)9-38-37(32,33-3)36-13-5-17(34-14(13)8-26)25-7-11(2)19(29)23-21(25)31/h6-7,12-17,26-27H,4-5,8-9H2,1-3H3,(H,22,28,30)(H,23,29,31)/t12-,13-,14+,15+,16+,17+,37?/m0/s1. The number of hydrogen-bond acceptors (Lipinski definition) is 11. The summed E-state index contributed by atoms with van der Waals surface area (Å²) in [6.45, 7) is 2.59. The summed E-state index contributed by atoms with van der Waals surface area (Å²) in [5.74, 6) is 0. The van der Waals surface area contributed by atoms with Gasteiger partial charge in [0.05, 0.1) is 0 Å². The zero-order valence-electron chi connectivity index (χ0n) is 20.8. The fourth-order valence-corrected chi connectivity index (χ4v) is 9.82. The van der Waals surface area contributed by atoms with E-state index in [1.165, 1.54) is 35.6 Å². The summed E-state index contributed by atoms with van der Waals surface area (Å²) in [6, 6.07) is 0. The van der Waals surface area contributed by atoms with Crippen molar-refractivity contribution in [1.82, 2.24) is 19.1 Å². The fraction of sp³-hybridized carbons (Fsp3) is 0.619. The molecule has 0 aliphatic carbocycles. The first-order chi connectivity index (χ1) is 17.9. The van der Waals surface area contributed by atoms with Gasteiger partial charge in [-0.15, -0.1) is 0 Å². The van der Waals surface area contributed by atoms with Gasteiger partial charge in [-0.25, -0.2) is 0 Å². The third-order valence-corrected chi connectivity index (χ3v) is 12.9. The molecule has 0 aromatic carbocycles. The summed E-state index contributed by atoms with van der Waals surface area (Å²) in [5.41, 5.74) is -1.80. The van der Waals surface area contributed by atoms with Crippen LogP contribution in [0, 0.1) is 13.8 Å². The van der Waals surface area contributed by atoms with Crippen molar-refractivity contribution < 1.29 is 33.3 Å². The summed E-state index contributed by atoms with van der Waals surface area (Å²) in [4.78, 5) is 52.2. The van der Waals surface area contributed by atoms with Crippen LogP contribution in [-0.2, 0) is 23.1 Å². The van der Waals surface area contributed by atoms with E-state index in [-0.39, 0.29) is 23.7 Å². The van der Waals surface area contributed by atoms with Gasteiger partial charge in [0.2, 0.25) is 0 Å². The molecule has 7 atom stereocenters. The molecule has 15 nitrogen and oxygen atoms in total. The van der Waals surface area contributed by atoms with Crippen molar-refractivity contribution in [3.8, 4) is 0 Å². The van der Waals surface area contributed by atoms with Gasteiger partial charge in [0.15, 0.2) is 0 Å². The monoisotopic (exact) mass is 624 g/mol. The molecule has 0 saturated carbocycles. The summed E-state index contributed by atoms with van der Waals surface area (Å²) in [6.07, 6.45) is -6.12. The van der Waals surface area contributed by atoms with E-state index >= 15 is 0 Å². The van der Waals surface area contributed by atoms with Gasteiger partial charge < -0.3 is 0 Å². The molecule has 2 fully saturated rings. The Hall–Kier alpha value is -2.13. The van der Waals surface area contributed by atoms with Gasteiger partial charge in [0.25, 0.3) is 0 Å². The number of aliphatic hydroxyl groups is 2. The Morgan fingerprint density at radius 1 is 1.00 bits per heavy atom. The van der Waals surface area contributed by atoms with Gasteiger partial charge in [0.1, 0.15) is 0 Å². The number of aliphatic hydroxyl groups excluding tert-OH is 2. The minimum absolute atomic E-state index is 0.0547. The zero-order valence-corrected chi connectivity index (χ0v) is 23.4. The molecule has 2 saturated heterocycles. The fourth-order valence-electron chi connectivity index (χ4n) is 4.24. The van der Waals surface area contributed by atoms with Crippen LogP contribution in [0.1, 0.15) is 36.4 Å². The maximum atomic E-state index is 13.5. The molecule has 1 unspecified atom stereocenters. The average molecular weight is 623 g/mol. The van der Waals surface area contributed by atoms with Crippen LogP contribution in [0.5, 0.6) is 0 Å². The van der Waals surface area contributed by atoms with Crippen molar-refractivity contribution in [2.75, 3.05) is 13.7 Å². The molecule has 2 aromatic rings. The maximum absolute atomic E-state index is 13.5. The number of ether oxygens (including phenoxy) is 2. The zero-order chi connectivity index (χ0) is 27.8. The Morgan fingerprint density at radius 3 is 2.05 bits per heavy atom. The number of aromatic nitrogens is 4. The quantitative estimate of drug-likeness (QED) is 0.195. The summed E-state index contributed by atoms with van der Waals surface area (Å²) >= 11 is -0.850. The van der Waals surface area contributed by atoms with Crippen molar-refractivity contribution in [2.24, 2.45) is 0 Å². The Labute approximate surface area is 221 Å². The molecule has 38 heavy (non-hydrogen) atoms. The van der Waals surface area contributed by atoms with Crippen molar-refractivity contribution in [1.29, 1.82) is 0 Å². The van der Waals surface area contributed by atoms with E-state index in [1.54, 1.807) is 6.92 Å². The van der Waals surface area contributed by atoms with Gasteiger partial charge in [-0.1, -0.05) is 0 Å². The van der Waals surface area contributed by atoms with E-state index in [0.717, 1.165) is 0 Å². The minimum atomic E-state index is -3.72. The van der Waals surface area contributed by atoms with Gasteiger partial charge in [-0.3, -0.25) is 0 Å². The van der Waals surface area contributed by atoms with Gasteiger partial charge in [-0.2, -0.15) is 0 Å². The van der Waals surface area contributed by atoms with Crippen molar-refractivity contribution in [3.63, 3.8) is 0 Å². The predicted molar refractivity (Wildman–Crippen MR) is 132 cm³/mol. The molecule has 2 aromatic heterocycles. The number of nitrogens with zero attached hydrogens (tertiary/aromatic N) is 2. The molecule has 2 aliphatic heterocycles. The summed E-state index contributed by atoms with van der Waals surface area (Å²) in [7, 11) is 1.22. The molecule has 0 bridgehead atoms. The Balaban J connectivity index is 1.42. The molecule has 4 heterocycles. The van der Waals surface area contributed by atoms with Crippen LogP contribution in [0.15, 0.2) is 31.6 Å². The molecule has 210 valence electrons. The second-order valence-electron chi connectivity index (χ2n) is 9.01. The first-order valence-electron chi connectivity index (χ1n) is 11.7. The first-order valence-corrected chi connectivity index (χ1v) is 16.6. The van der Waals surface area contributed by atoms with Gasteiger partial charge in [-0.05, 0) is 0 Å². The second-order valence-corrected chi connectivity index (χ2v) is 15.9. The molecule has 0 amide bonds. The number of aromatic amines is 2. The molecule has 17 heteroatoms. The van der Waals surface area contributed by atoms with E-state index in [0.29, 0.717) is 5.56 Å². The van der Waals surface area contributed by atoms with E-state index in [4.69, 9.17) is 18.5 Å². The van der Waals surface area contributed by atoms with Crippen molar-refractivity contribution in [2.45, 2.75) is 68.9 Å². The summed E-state index contributed by atoms with van der Waals surface area (Å²) < 4.78 is 38.4. The van der Waals surface area contributed by atoms with Crippen LogP contribution in [0.25, 0.3) is 0 Å². The van der Waals surface area contributed by atoms with Crippen molar-refractivity contribution >= 4 is 20.8 Å². The first kappa shape index (κ1) is 28.9. The number of nitrogens with one attached hydrogen (secondary N) is 2. The molecular formula is C21H29N4O11PSe. The third kappa shape index (κ3) is 6.03. The van der Waals surface area contributed by atoms with Gasteiger partial charge in [0, 0.05) is 0 Å². The third-order valence-electron chi connectivity index (χ3n) is 6.36. The van der Waals surface area contributed by atoms with Crippen LogP contribution >= 0.6 is 6.29 Å². The average Bonchev–Trinajstić information content (AvgIpc) is 3.44. The Bertz CT molecular complexity index is 1450. The van der Waals surface area contributed by atoms with Crippen molar-refractivity contribution in [3.05, 3.63) is 65.2 Å².